The topological polar surface area (TPSA) is 69.7 Å². The second-order valence-electron chi connectivity index (χ2n) is 7.30. The highest BCUT2D eigenvalue weighted by Gasteiger charge is 2.23. The molecule has 0 unspecified atom stereocenters. The van der Waals surface area contributed by atoms with Crippen molar-refractivity contribution in [3.8, 4) is 11.8 Å². The fraction of sp³-hybridized carbons (Fsp3) is 0.250. The second-order valence-corrected chi connectivity index (χ2v) is 8.22. The number of carbonyl (C=O) groups excluding carboxylic acids is 1. The number of nitrogens with zero attached hydrogens (tertiary/aromatic N) is 3. The number of ether oxygens (including phenoxy) is 1. The minimum Gasteiger partial charge on any atom is -0.486 e. The van der Waals surface area contributed by atoms with Gasteiger partial charge in [0.25, 0.3) is 5.91 Å². The summed E-state index contributed by atoms with van der Waals surface area (Å²) in [5.41, 5.74) is 1.71. The smallest absolute Gasteiger partial charge is 0.289 e. The number of hydrogen-bond acceptors (Lipinski definition) is 5. The average Bonchev–Trinajstić information content (AvgIpc) is 3.14. The van der Waals surface area contributed by atoms with Gasteiger partial charge in [-0.15, -0.1) is 0 Å². The SMILES string of the molecule is N#Cc1ccc(N2CCCN(C(=O)c3ccc(COc4ccc(Br)cc4)o3)CC2)cc1. The largest absolute Gasteiger partial charge is 0.486 e. The molecule has 0 radical (unpaired) electrons. The van der Waals surface area contributed by atoms with Gasteiger partial charge in [-0.25, -0.2) is 0 Å². The summed E-state index contributed by atoms with van der Waals surface area (Å²) >= 11 is 3.40. The molecule has 158 valence electrons. The van der Waals surface area contributed by atoms with E-state index in [-0.39, 0.29) is 12.5 Å². The van der Waals surface area contributed by atoms with Crippen molar-refractivity contribution in [3.63, 3.8) is 0 Å². The molecule has 2 heterocycles. The van der Waals surface area contributed by atoms with Gasteiger partial charge in [0.15, 0.2) is 5.76 Å². The fourth-order valence-corrected chi connectivity index (χ4v) is 3.80. The standard InChI is InChI=1S/C24H22BrN3O3/c25-19-4-8-21(9-5-19)30-17-22-10-11-23(31-22)24(29)28-13-1-12-27(14-15-28)20-6-2-18(16-26)3-7-20/h2-11H,1,12-15,17H2. The molecule has 1 aliphatic heterocycles. The third-order valence-electron chi connectivity index (χ3n) is 5.21. The zero-order chi connectivity index (χ0) is 21.6. The van der Waals surface area contributed by atoms with Crippen molar-refractivity contribution in [3.05, 3.63) is 82.2 Å². The van der Waals surface area contributed by atoms with Crippen LogP contribution in [0.15, 0.2) is 69.6 Å². The van der Waals surface area contributed by atoms with Gasteiger partial charge in [0.05, 0.1) is 11.6 Å². The Bertz CT molecular complexity index is 1070. The maximum Gasteiger partial charge on any atom is 0.289 e. The highest BCUT2D eigenvalue weighted by molar-refractivity contribution is 9.10. The summed E-state index contributed by atoms with van der Waals surface area (Å²) in [6, 6.07) is 20.8. The monoisotopic (exact) mass is 479 g/mol. The minimum atomic E-state index is -0.100. The molecule has 1 amide bonds. The molecule has 1 fully saturated rings. The van der Waals surface area contributed by atoms with Crippen LogP contribution in [0.2, 0.25) is 0 Å². The van der Waals surface area contributed by atoms with Gasteiger partial charge in [0, 0.05) is 36.3 Å². The predicted molar refractivity (Wildman–Crippen MR) is 121 cm³/mol. The van der Waals surface area contributed by atoms with E-state index in [4.69, 9.17) is 14.4 Å². The summed E-state index contributed by atoms with van der Waals surface area (Å²) in [5, 5.41) is 8.96. The first-order chi connectivity index (χ1) is 15.1. The van der Waals surface area contributed by atoms with E-state index >= 15 is 0 Å². The van der Waals surface area contributed by atoms with Crippen LogP contribution in [0.25, 0.3) is 0 Å². The van der Waals surface area contributed by atoms with Crippen LogP contribution in [0.3, 0.4) is 0 Å². The lowest BCUT2D eigenvalue weighted by molar-refractivity contribution is 0.0731. The van der Waals surface area contributed by atoms with Crippen molar-refractivity contribution in [2.24, 2.45) is 0 Å². The van der Waals surface area contributed by atoms with Gasteiger partial charge in [-0.05, 0) is 67.1 Å². The molecule has 3 aromatic rings. The summed E-state index contributed by atoms with van der Waals surface area (Å²) in [4.78, 5) is 17.0. The molecule has 0 N–H and O–H groups in total. The van der Waals surface area contributed by atoms with E-state index in [9.17, 15) is 4.79 Å². The number of benzene rings is 2. The zero-order valence-electron chi connectivity index (χ0n) is 17.0. The van der Waals surface area contributed by atoms with E-state index < -0.39 is 0 Å². The van der Waals surface area contributed by atoms with Crippen molar-refractivity contribution >= 4 is 27.5 Å². The number of nitriles is 1. The second kappa shape index (κ2) is 9.71. The van der Waals surface area contributed by atoms with Gasteiger partial charge >= 0.3 is 0 Å². The third-order valence-corrected chi connectivity index (χ3v) is 5.74. The van der Waals surface area contributed by atoms with Gasteiger partial charge < -0.3 is 19.0 Å². The van der Waals surface area contributed by atoms with E-state index in [1.807, 2.05) is 53.4 Å². The number of rotatable bonds is 5. The van der Waals surface area contributed by atoms with E-state index in [1.54, 1.807) is 12.1 Å². The van der Waals surface area contributed by atoms with E-state index in [0.717, 1.165) is 35.4 Å². The summed E-state index contributed by atoms with van der Waals surface area (Å²) < 4.78 is 12.5. The van der Waals surface area contributed by atoms with Gasteiger partial charge in [0.1, 0.15) is 18.1 Å². The number of hydrogen-bond donors (Lipinski definition) is 0. The summed E-state index contributed by atoms with van der Waals surface area (Å²) in [7, 11) is 0. The summed E-state index contributed by atoms with van der Waals surface area (Å²) in [6.45, 7) is 3.15. The first kappa shape index (κ1) is 21.0. The number of anilines is 1. The van der Waals surface area contributed by atoms with Crippen LogP contribution >= 0.6 is 15.9 Å². The van der Waals surface area contributed by atoms with Crippen molar-refractivity contribution in [2.45, 2.75) is 13.0 Å². The van der Waals surface area contributed by atoms with Crippen LogP contribution < -0.4 is 9.64 Å². The van der Waals surface area contributed by atoms with Gasteiger partial charge in [0.2, 0.25) is 0 Å². The number of amides is 1. The molecule has 1 aliphatic rings. The fourth-order valence-electron chi connectivity index (χ4n) is 3.54. The third kappa shape index (κ3) is 5.28. The van der Waals surface area contributed by atoms with E-state index in [1.165, 1.54) is 0 Å². The highest BCUT2D eigenvalue weighted by atomic mass is 79.9. The lowest BCUT2D eigenvalue weighted by atomic mass is 10.2. The van der Waals surface area contributed by atoms with Crippen molar-refractivity contribution < 1.29 is 13.9 Å². The number of carbonyl (C=O) groups is 1. The Labute approximate surface area is 189 Å². The number of furan rings is 1. The van der Waals surface area contributed by atoms with Crippen LogP contribution in [-0.4, -0.2) is 37.0 Å². The van der Waals surface area contributed by atoms with Crippen LogP contribution in [-0.2, 0) is 6.61 Å². The summed E-state index contributed by atoms with van der Waals surface area (Å²) in [5.74, 6) is 1.58. The molecule has 0 spiro atoms. The molecule has 7 heteroatoms. The van der Waals surface area contributed by atoms with E-state index in [2.05, 4.69) is 26.9 Å². The Balaban J connectivity index is 1.34. The maximum absolute atomic E-state index is 12.9. The Morgan fingerprint density at radius 3 is 2.52 bits per heavy atom. The molecule has 0 aliphatic carbocycles. The van der Waals surface area contributed by atoms with Crippen LogP contribution in [0.4, 0.5) is 5.69 Å². The van der Waals surface area contributed by atoms with Gasteiger partial charge in [-0.2, -0.15) is 5.26 Å². The molecular weight excluding hydrogens is 458 g/mol. The van der Waals surface area contributed by atoms with Gasteiger partial charge in [-0.3, -0.25) is 4.79 Å². The maximum atomic E-state index is 12.9. The van der Waals surface area contributed by atoms with Crippen LogP contribution in [0.5, 0.6) is 5.75 Å². The Kier molecular flexibility index (Phi) is 6.58. The average molecular weight is 480 g/mol. The Hall–Kier alpha value is -3.24. The van der Waals surface area contributed by atoms with Crippen molar-refractivity contribution in [1.29, 1.82) is 5.26 Å². The molecular formula is C24H22BrN3O3. The quantitative estimate of drug-likeness (QED) is 0.523. The lowest BCUT2D eigenvalue weighted by Crippen LogP contribution is -2.35. The first-order valence-corrected chi connectivity index (χ1v) is 10.9. The molecule has 0 bridgehead atoms. The molecule has 6 nitrogen and oxygen atoms in total. The molecule has 2 aromatic carbocycles. The van der Waals surface area contributed by atoms with Crippen LogP contribution in [0.1, 0.15) is 28.3 Å². The van der Waals surface area contributed by atoms with Crippen molar-refractivity contribution in [1.82, 2.24) is 4.90 Å². The zero-order valence-corrected chi connectivity index (χ0v) is 18.5. The van der Waals surface area contributed by atoms with E-state index in [0.29, 0.717) is 30.2 Å². The van der Waals surface area contributed by atoms with Crippen molar-refractivity contribution in [2.75, 3.05) is 31.1 Å². The first-order valence-electron chi connectivity index (χ1n) is 10.1. The van der Waals surface area contributed by atoms with Crippen LogP contribution in [0, 0.1) is 11.3 Å². The summed E-state index contributed by atoms with van der Waals surface area (Å²) in [6.07, 6.45) is 0.867. The molecule has 31 heavy (non-hydrogen) atoms. The minimum absolute atomic E-state index is 0.100. The van der Waals surface area contributed by atoms with Gasteiger partial charge in [-0.1, -0.05) is 15.9 Å². The molecule has 4 rings (SSSR count). The molecule has 0 atom stereocenters. The normalized spacial score (nSPS) is 14.1. The Morgan fingerprint density at radius 2 is 1.77 bits per heavy atom. The Morgan fingerprint density at radius 1 is 1.00 bits per heavy atom. The number of halogens is 1. The molecule has 1 aromatic heterocycles. The molecule has 0 saturated carbocycles. The lowest BCUT2D eigenvalue weighted by Gasteiger charge is -2.23. The predicted octanol–water partition coefficient (Wildman–Crippen LogP) is 4.85. The highest BCUT2D eigenvalue weighted by Crippen LogP contribution is 2.20. The molecule has 1 saturated heterocycles.